The van der Waals surface area contributed by atoms with Crippen LogP contribution < -0.4 is 9.47 Å². The molecule has 8 heteroatoms. The molecular weight excluding hydrogens is 506 g/mol. The molecule has 33 heavy (non-hydrogen) atoms. The maximum Gasteiger partial charge on any atom is 0.295 e. The van der Waals surface area contributed by atoms with Gasteiger partial charge in [-0.1, -0.05) is 40.2 Å². The molecule has 4 rings (SSSR count). The number of thiophene rings is 1. The Hall–Kier alpha value is -3.10. The summed E-state index contributed by atoms with van der Waals surface area (Å²) in [5, 5.41) is 13.2. The van der Waals surface area contributed by atoms with Gasteiger partial charge in [-0.05, 0) is 42.1 Å². The number of benzene rings is 2. The van der Waals surface area contributed by atoms with Crippen molar-refractivity contribution in [3.05, 3.63) is 85.5 Å². The smallest absolute Gasteiger partial charge is 0.295 e. The maximum absolute atomic E-state index is 13.3. The van der Waals surface area contributed by atoms with Gasteiger partial charge in [0.15, 0.2) is 11.5 Å². The average Bonchev–Trinajstić information content (AvgIpc) is 3.42. The fourth-order valence-corrected chi connectivity index (χ4v) is 4.96. The molecule has 1 aromatic heterocycles. The van der Waals surface area contributed by atoms with Gasteiger partial charge in [0.2, 0.25) is 0 Å². The number of carbonyl (C=O) groups excluding carboxylic acids is 2. The molecule has 1 N–H and O–H groups in total. The monoisotopic (exact) mass is 527 g/mol. The number of likely N-dealkylation sites (tertiary alicyclic amines) is 1. The average molecular weight is 528 g/mol. The van der Waals surface area contributed by atoms with E-state index in [1.54, 1.807) is 36.4 Å². The zero-order chi connectivity index (χ0) is 23.7. The van der Waals surface area contributed by atoms with Crippen LogP contribution in [0.15, 0.2) is 64.0 Å². The van der Waals surface area contributed by atoms with Crippen LogP contribution in [0, 0.1) is 6.92 Å². The molecule has 1 aliphatic heterocycles. The van der Waals surface area contributed by atoms with Crippen molar-refractivity contribution in [3.8, 4) is 11.5 Å². The lowest BCUT2D eigenvalue weighted by Gasteiger charge is -2.26. The van der Waals surface area contributed by atoms with Gasteiger partial charge in [-0.3, -0.25) is 9.59 Å². The molecule has 1 amide bonds. The van der Waals surface area contributed by atoms with Gasteiger partial charge in [0.25, 0.3) is 11.7 Å². The van der Waals surface area contributed by atoms with E-state index < -0.39 is 17.7 Å². The Morgan fingerprint density at radius 1 is 1.12 bits per heavy atom. The molecule has 0 bridgehead atoms. The van der Waals surface area contributed by atoms with Crippen LogP contribution in [0.2, 0.25) is 0 Å². The predicted octanol–water partition coefficient (Wildman–Crippen LogP) is 5.46. The van der Waals surface area contributed by atoms with Crippen LogP contribution in [-0.2, 0) is 16.1 Å². The SMILES string of the molecule is COc1cccc(C2/C(=C(\O)c3ccc(Br)c(C)c3)C(=O)C(=O)N2Cc2cccs2)c1OC. The van der Waals surface area contributed by atoms with E-state index in [4.69, 9.17) is 9.47 Å². The van der Waals surface area contributed by atoms with Gasteiger partial charge in [-0.25, -0.2) is 0 Å². The van der Waals surface area contributed by atoms with E-state index >= 15 is 0 Å². The topological polar surface area (TPSA) is 76.1 Å². The number of ether oxygens (including phenoxy) is 2. The third kappa shape index (κ3) is 4.16. The van der Waals surface area contributed by atoms with Crippen LogP contribution in [0.5, 0.6) is 11.5 Å². The standard InChI is InChI=1S/C25H22BrNO5S/c1-14-12-15(9-10-18(14)26)22(28)20-21(17-7-4-8-19(31-2)24(17)32-3)27(25(30)23(20)29)13-16-6-5-11-33-16/h4-12,21,28H,13H2,1-3H3/b22-20+. The van der Waals surface area contributed by atoms with E-state index in [9.17, 15) is 14.7 Å². The number of halogens is 1. The molecule has 1 unspecified atom stereocenters. The Bertz CT molecular complexity index is 1250. The van der Waals surface area contributed by atoms with Crippen LogP contribution >= 0.6 is 27.3 Å². The number of aliphatic hydroxyl groups excluding tert-OH is 1. The highest BCUT2D eigenvalue weighted by molar-refractivity contribution is 9.10. The molecule has 6 nitrogen and oxygen atoms in total. The minimum atomic E-state index is -0.846. The minimum Gasteiger partial charge on any atom is -0.507 e. The lowest BCUT2D eigenvalue weighted by Crippen LogP contribution is -2.29. The molecule has 2 aromatic carbocycles. The van der Waals surface area contributed by atoms with Crippen LogP contribution in [-0.4, -0.2) is 35.9 Å². The number of aryl methyl sites for hydroxylation is 1. The second-order valence-corrected chi connectivity index (χ2v) is 9.44. The summed E-state index contributed by atoms with van der Waals surface area (Å²) >= 11 is 4.95. The second-order valence-electron chi connectivity index (χ2n) is 7.55. The first-order valence-electron chi connectivity index (χ1n) is 10.2. The van der Waals surface area contributed by atoms with Crippen molar-refractivity contribution >= 4 is 44.7 Å². The number of methoxy groups -OCH3 is 2. The molecular formula is C25H22BrNO5S. The van der Waals surface area contributed by atoms with Gasteiger partial charge in [0.1, 0.15) is 5.76 Å². The van der Waals surface area contributed by atoms with Crippen molar-refractivity contribution in [1.29, 1.82) is 0 Å². The number of Topliss-reactive ketones (excluding diaryl/α,β-unsaturated/α-hetero) is 1. The number of hydrogen-bond acceptors (Lipinski definition) is 6. The largest absolute Gasteiger partial charge is 0.507 e. The Balaban J connectivity index is 1.95. The zero-order valence-electron chi connectivity index (χ0n) is 18.3. The summed E-state index contributed by atoms with van der Waals surface area (Å²) < 4.78 is 11.9. The third-order valence-corrected chi connectivity index (χ3v) is 7.36. The van der Waals surface area contributed by atoms with Gasteiger partial charge >= 0.3 is 0 Å². The number of para-hydroxylation sites is 1. The lowest BCUT2D eigenvalue weighted by molar-refractivity contribution is -0.140. The van der Waals surface area contributed by atoms with Crippen LogP contribution in [0.25, 0.3) is 5.76 Å². The van der Waals surface area contributed by atoms with Crippen LogP contribution in [0.4, 0.5) is 0 Å². The first-order valence-corrected chi connectivity index (χ1v) is 11.8. The summed E-state index contributed by atoms with van der Waals surface area (Å²) in [6.45, 7) is 2.11. The summed E-state index contributed by atoms with van der Waals surface area (Å²) in [5.74, 6) is -0.766. The molecule has 1 saturated heterocycles. The normalized spacial score (nSPS) is 17.5. The van der Waals surface area contributed by atoms with E-state index in [0.29, 0.717) is 22.6 Å². The van der Waals surface area contributed by atoms with E-state index in [-0.39, 0.29) is 17.9 Å². The Morgan fingerprint density at radius 2 is 1.91 bits per heavy atom. The molecule has 2 heterocycles. The number of aliphatic hydroxyl groups is 1. The van der Waals surface area contributed by atoms with Crippen molar-refractivity contribution < 1.29 is 24.2 Å². The Kier molecular flexibility index (Phi) is 6.58. The van der Waals surface area contributed by atoms with Gasteiger partial charge in [-0.15, -0.1) is 11.3 Å². The van der Waals surface area contributed by atoms with Gasteiger partial charge in [-0.2, -0.15) is 0 Å². The van der Waals surface area contributed by atoms with Crippen molar-refractivity contribution in [2.45, 2.75) is 19.5 Å². The first-order chi connectivity index (χ1) is 15.9. The number of ketones is 1. The summed E-state index contributed by atoms with van der Waals surface area (Å²) in [6.07, 6.45) is 0. The van der Waals surface area contributed by atoms with Crippen LogP contribution in [0.3, 0.4) is 0 Å². The fraction of sp³-hybridized carbons (Fsp3) is 0.200. The highest BCUT2D eigenvalue weighted by Gasteiger charge is 2.47. The van der Waals surface area contributed by atoms with E-state index in [0.717, 1.165) is 14.9 Å². The molecule has 0 radical (unpaired) electrons. The molecule has 0 aliphatic carbocycles. The summed E-state index contributed by atoms with van der Waals surface area (Å²) in [6, 6.07) is 13.5. The van der Waals surface area contributed by atoms with Gasteiger partial charge < -0.3 is 19.5 Å². The number of amides is 1. The number of carbonyl (C=O) groups is 2. The summed E-state index contributed by atoms with van der Waals surface area (Å²) in [4.78, 5) is 28.8. The first kappa shape index (κ1) is 23.1. The van der Waals surface area contributed by atoms with Gasteiger partial charge in [0, 0.05) is 20.5 Å². The number of nitrogens with zero attached hydrogens (tertiary/aromatic N) is 1. The van der Waals surface area contributed by atoms with E-state index in [1.165, 1.54) is 30.5 Å². The quantitative estimate of drug-likeness (QED) is 0.261. The summed E-state index contributed by atoms with van der Waals surface area (Å²) in [7, 11) is 3.03. The molecule has 0 spiro atoms. The lowest BCUT2D eigenvalue weighted by atomic mass is 9.94. The predicted molar refractivity (Wildman–Crippen MR) is 131 cm³/mol. The molecule has 3 aromatic rings. The zero-order valence-corrected chi connectivity index (χ0v) is 20.7. The molecule has 170 valence electrons. The van der Waals surface area contributed by atoms with Crippen LogP contribution in [0.1, 0.15) is 27.6 Å². The Labute approximate surface area is 204 Å². The maximum atomic E-state index is 13.3. The highest BCUT2D eigenvalue weighted by atomic mass is 79.9. The Morgan fingerprint density at radius 3 is 2.55 bits per heavy atom. The second kappa shape index (κ2) is 9.41. The van der Waals surface area contributed by atoms with E-state index in [1.807, 2.05) is 24.4 Å². The number of hydrogen-bond donors (Lipinski definition) is 1. The van der Waals surface area contributed by atoms with Gasteiger partial charge in [0.05, 0.1) is 32.4 Å². The third-order valence-electron chi connectivity index (χ3n) is 5.61. The van der Waals surface area contributed by atoms with Crippen molar-refractivity contribution in [1.82, 2.24) is 4.90 Å². The van der Waals surface area contributed by atoms with Crippen molar-refractivity contribution in [2.24, 2.45) is 0 Å². The van der Waals surface area contributed by atoms with Crippen molar-refractivity contribution in [2.75, 3.05) is 14.2 Å². The molecule has 1 aliphatic rings. The minimum absolute atomic E-state index is 0.0184. The molecule has 1 fully saturated rings. The summed E-state index contributed by atoms with van der Waals surface area (Å²) in [5.41, 5.74) is 1.92. The van der Waals surface area contributed by atoms with Crippen molar-refractivity contribution in [3.63, 3.8) is 0 Å². The molecule has 0 saturated carbocycles. The molecule has 1 atom stereocenters. The van der Waals surface area contributed by atoms with E-state index in [2.05, 4.69) is 15.9 Å². The highest BCUT2D eigenvalue weighted by Crippen LogP contribution is 2.46. The number of rotatable bonds is 6. The fourth-order valence-electron chi connectivity index (χ4n) is 4.01.